The summed E-state index contributed by atoms with van der Waals surface area (Å²) in [6.45, 7) is 1.27. The summed E-state index contributed by atoms with van der Waals surface area (Å²) in [6, 6.07) is 0.346. The van der Waals surface area contributed by atoms with Crippen molar-refractivity contribution in [2.45, 2.75) is 44.6 Å². The van der Waals surface area contributed by atoms with Crippen LogP contribution < -0.4 is 10.6 Å². The molecule has 0 aromatic heterocycles. The molecule has 5 heteroatoms. The number of carbonyl (C=O) groups excluding carboxylic acids is 2. The molecule has 0 saturated heterocycles. The Morgan fingerprint density at radius 3 is 2.53 bits per heavy atom. The van der Waals surface area contributed by atoms with Gasteiger partial charge in [-0.05, 0) is 25.7 Å². The number of hydrogen-bond donors (Lipinski definition) is 2. The fraction of sp³-hybridized carbons (Fsp3) is 0.857. The minimum atomic E-state index is -0.107. The fourth-order valence-corrected chi connectivity index (χ4v) is 2.71. The molecule has 2 N–H and O–H groups in total. The number of rotatable bonds is 7. The molecular formula is C14H24N2O3. The van der Waals surface area contributed by atoms with Crippen LogP contribution in [-0.2, 0) is 14.3 Å². The summed E-state index contributed by atoms with van der Waals surface area (Å²) in [5, 5.41) is 5.92. The van der Waals surface area contributed by atoms with Gasteiger partial charge < -0.3 is 15.4 Å². The predicted molar refractivity (Wildman–Crippen MR) is 71.5 cm³/mol. The Labute approximate surface area is 114 Å². The molecule has 0 radical (unpaired) electrons. The van der Waals surface area contributed by atoms with E-state index in [1.165, 1.54) is 12.8 Å². The molecule has 19 heavy (non-hydrogen) atoms. The lowest BCUT2D eigenvalue weighted by Crippen LogP contribution is -2.35. The molecule has 0 spiro atoms. The minimum Gasteiger partial charge on any atom is -0.385 e. The van der Waals surface area contributed by atoms with Gasteiger partial charge in [0, 0.05) is 26.3 Å². The normalized spacial score (nSPS) is 26.2. The van der Waals surface area contributed by atoms with Crippen molar-refractivity contribution < 1.29 is 14.3 Å². The lowest BCUT2D eigenvalue weighted by Gasteiger charge is -2.11. The van der Waals surface area contributed by atoms with Gasteiger partial charge in [-0.25, -0.2) is 0 Å². The Bertz CT molecular complexity index is 327. The summed E-state index contributed by atoms with van der Waals surface area (Å²) in [4.78, 5) is 23.7. The van der Waals surface area contributed by atoms with E-state index < -0.39 is 0 Å². The van der Waals surface area contributed by atoms with E-state index in [9.17, 15) is 9.59 Å². The molecule has 0 aromatic rings. The first kappa shape index (κ1) is 14.3. The molecule has 5 nitrogen and oxygen atoms in total. The molecule has 2 atom stereocenters. The van der Waals surface area contributed by atoms with Gasteiger partial charge in [-0.15, -0.1) is 0 Å². The largest absolute Gasteiger partial charge is 0.385 e. The first-order valence-electron chi connectivity index (χ1n) is 7.29. The summed E-state index contributed by atoms with van der Waals surface area (Å²) in [7, 11) is 1.64. The van der Waals surface area contributed by atoms with Crippen molar-refractivity contribution >= 4 is 11.8 Å². The van der Waals surface area contributed by atoms with Crippen molar-refractivity contribution in [2.24, 2.45) is 11.8 Å². The number of nitrogens with one attached hydrogen (secondary N) is 2. The van der Waals surface area contributed by atoms with Crippen LogP contribution in [0.25, 0.3) is 0 Å². The van der Waals surface area contributed by atoms with Gasteiger partial charge in [0.05, 0.1) is 11.8 Å². The average Bonchev–Trinajstić information content (AvgIpc) is 3.06. The van der Waals surface area contributed by atoms with Crippen LogP contribution in [0.15, 0.2) is 0 Å². The van der Waals surface area contributed by atoms with Gasteiger partial charge in [0.15, 0.2) is 0 Å². The van der Waals surface area contributed by atoms with E-state index >= 15 is 0 Å². The maximum Gasteiger partial charge on any atom is 0.224 e. The third-order valence-corrected chi connectivity index (χ3v) is 3.99. The SMILES string of the molecule is COCCCNC(=O)C1CC1C(=O)NC1CCCC1. The van der Waals surface area contributed by atoms with E-state index in [0.29, 0.717) is 25.6 Å². The Hall–Kier alpha value is -1.10. The lowest BCUT2D eigenvalue weighted by molar-refractivity contribution is -0.127. The zero-order valence-electron chi connectivity index (χ0n) is 11.6. The molecule has 2 rings (SSSR count). The van der Waals surface area contributed by atoms with E-state index in [2.05, 4.69) is 10.6 Å². The van der Waals surface area contributed by atoms with E-state index in [1.54, 1.807) is 7.11 Å². The molecule has 0 aliphatic heterocycles. The van der Waals surface area contributed by atoms with E-state index in [0.717, 1.165) is 19.3 Å². The van der Waals surface area contributed by atoms with Gasteiger partial charge in [-0.1, -0.05) is 12.8 Å². The number of hydrogen-bond acceptors (Lipinski definition) is 3. The highest BCUT2D eigenvalue weighted by Gasteiger charge is 2.48. The van der Waals surface area contributed by atoms with Crippen molar-refractivity contribution in [2.75, 3.05) is 20.3 Å². The summed E-state index contributed by atoms with van der Waals surface area (Å²) in [5.74, 6) is -0.112. The average molecular weight is 268 g/mol. The second-order valence-electron chi connectivity index (χ2n) is 5.58. The minimum absolute atomic E-state index is 0.0164. The van der Waals surface area contributed by atoms with Gasteiger partial charge in [-0.3, -0.25) is 9.59 Å². The van der Waals surface area contributed by atoms with Crippen molar-refractivity contribution in [3.63, 3.8) is 0 Å². The van der Waals surface area contributed by atoms with Gasteiger partial charge in [0.1, 0.15) is 0 Å². The van der Waals surface area contributed by atoms with Crippen molar-refractivity contribution in [1.82, 2.24) is 10.6 Å². The molecule has 2 fully saturated rings. The predicted octanol–water partition coefficient (Wildman–Crippen LogP) is 0.834. The molecule has 2 aliphatic rings. The molecule has 2 unspecified atom stereocenters. The molecule has 2 amide bonds. The van der Waals surface area contributed by atoms with Gasteiger partial charge >= 0.3 is 0 Å². The molecule has 0 heterocycles. The summed E-state index contributed by atoms with van der Waals surface area (Å²) in [6.07, 6.45) is 6.11. The van der Waals surface area contributed by atoms with E-state index in [1.807, 2.05) is 0 Å². The quantitative estimate of drug-likeness (QED) is 0.672. The molecule has 2 aliphatic carbocycles. The Balaban J connectivity index is 1.62. The summed E-state index contributed by atoms with van der Waals surface area (Å²) < 4.78 is 4.92. The maximum atomic E-state index is 11.9. The molecule has 0 aromatic carbocycles. The first-order chi connectivity index (χ1) is 9.22. The van der Waals surface area contributed by atoms with Crippen molar-refractivity contribution in [1.29, 1.82) is 0 Å². The number of methoxy groups -OCH3 is 1. The molecule has 0 bridgehead atoms. The third kappa shape index (κ3) is 4.20. The number of carbonyl (C=O) groups is 2. The van der Waals surface area contributed by atoms with Crippen LogP contribution in [0.1, 0.15) is 38.5 Å². The number of ether oxygens (including phenoxy) is 1. The highest BCUT2D eigenvalue weighted by Crippen LogP contribution is 2.39. The maximum absolute atomic E-state index is 11.9. The Morgan fingerprint density at radius 1 is 1.16 bits per heavy atom. The third-order valence-electron chi connectivity index (χ3n) is 3.99. The molecular weight excluding hydrogens is 244 g/mol. The summed E-state index contributed by atoms with van der Waals surface area (Å²) in [5.41, 5.74) is 0. The zero-order valence-corrected chi connectivity index (χ0v) is 11.6. The van der Waals surface area contributed by atoms with Crippen LogP contribution in [0.2, 0.25) is 0 Å². The highest BCUT2D eigenvalue weighted by atomic mass is 16.5. The van der Waals surface area contributed by atoms with E-state index in [4.69, 9.17) is 4.74 Å². The molecule has 2 saturated carbocycles. The van der Waals surface area contributed by atoms with Gasteiger partial charge in [0.25, 0.3) is 0 Å². The smallest absolute Gasteiger partial charge is 0.224 e. The number of amides is 2. The Kier molecular flexibility index (Phi) is 5.19. The first-order valence-corrected chi connectivity index (χ1v) is 7.29. The van der Waals surface area contributed by atoms with E-state index in [-0.39, 0.29) is 23.7 Å². The van der Waals surface area contributed by atoms with Crippen LogP contribution in [0.3, 0.4) is 0 Å². The zero-order chi connectivity index (χ0) is 13.7. The molecule has 108 valence electrons. The van der Waals surface area contributed by atoms with Crippen LogP contribution >= 0.6 is 0 Å². The van der Waals surface area contributed by atoms with Gasteiger partial charge in [0.2, 0.25) is 11.8 Å². The van der Waals surface area contributed by atoms with Crippen molar-refractivity contribution in [3.8, 4) is 0 Å². The van der Waals surface area contributed by atoms with Crippen LogP contribution in [0.4, 0.5) is 0 Å². The Morgan fingerprint density at radius 2 is 1.84 bits per heavy atom. The van der Waals surface area contributed by atoms with Crippen LogP contribution in [-0.4, -0.2) is 38.1 Å². The highest BCUT2D eigenvalue weighted by molar-refractivity contribution is 5.92. The fourth-order valence-electron chi connectivity index (χ4n) is 2.71. The summed E-state index contributed by atoms with van der Waals surface area (Å²) >= 11 is 0. The van der Waals surface area contributed by atoms with Crippen LogP contribution in [0.5, 0.6) is 0 Å². The monoisotopic (exact) mass is 268 g/mol. The van der Waals surface area contributed by atoms with Crippen LogP contribution in [0, 0.1) is 11.8 Å². The standard InChI is InChI=1S/C14H24N2O3/c1-19-8-4-7-15-13(17)11-9-12(11)14(18)16-10-5-2-3-6-10/h10-12H,2-9H2,1H3,(H,15,17)(H,16,18). The van der Waals surface area contributed by atoms with Crippen molar-refractivity contribution in [3.05, 3.63) is 0 Å². The lowest BCUT2D eigenvalue weighted by atomic mass is 10.2. The second kappa shape index (κ2) is 6.89. The van der Waals surface area contributed by atoms with Gasteiger partial charge in [-0.2, -0.15) is 0 Å². The second-order valence-corrected chi connectivity index (χ2v) is 5.58. The topological polar surface area (TPSA) is 67.4 Å².